The minimum Gasteiger partial charge on any atom is -0.497 e. The molecule has 0 aliphatic heterocycles. The molecule has 2 N–H and O–H groups in total. The summed E-state index contributed by atoms with van der Waals surface area (Å²) >= 11 is 0. The first-order valence-corrected chi connectivity index (χ1v) is 10.4. The molecular formula is C23H29N3O4. The van der Waals surface area contributed by atoms with Gasteiger partial charge >= 0.3 is 0 Å². The van der Waals surface area contributed by atoms with Crippen LogP contribution in [0.2, 0.25) is 0 Å². The van der Waals surface area contributed by atoms with Crippen molar-refractivity contribution in [2.75, 3.05) is 13.7 Å². The minimum atomic E-state index is -0.547. The fourth-order valence-electron chi connectivity index (χ4n) is 3.84. The molecule has 7 nitrogen and oxygen atoms in total. The molecule has 1 saturated carbocycles. The maximum absolute atomic E-state index is 13.0. The molecule has 0 radical (unpaired) electrons. The zero-order valence-corrected chi connectivity index (χ0v) is 17.7. The first-order chi connectivity index (χ1) is 14.4. The molecule has 2 amide bonds. The molecule has 0 bridgehead atoms. The second kappa shape index (κ2) is 9.61. The Morgan fingerprint density at radius 2 is 1.70 bits per heavy atom. The van der Waals surface area contributed by atoms with Crippen LogP contribution in [0.25, 0.3) is 0 Å². The van der Waals surface area contributed by atoms with Crippen LogP contribution in [0.5, 0.6) is 5.75 Å². The molecular weight excluding hydrogens is 382 g/mol. The fourth-order valence-corrected chi connectivity index (χ4v) is 3.84. The standard InChI is InChI=1S/C23H29N3O4/c1-4-24-22(28)19-13-26(17-7-5-6-8-17)14-20(21(19)27)23(29)25-15(2)16-9-11-18(30-3)12-10-16/h9-15,17H,4-8H2,1-3H3,(H,24,28)(H,25,29)/t15-/m1/s1. The zero-order chi connectivity index (χ0) is 21.7. The van der Waals surface area contributed by atoms with Crippen molar-refractivity contribution in [1.29, 1.82) is 0 Å². The summed E-state index contributed by atoms with van der Waals surface area (Å²) in [7, 11) is 1.59. The van der Waals surface area contributed by atoms with E-state index < -0.39 is 17.2 Å². The Kier molecular flexibility index (Phi) is 6.92. The Hall–Kier alpha value is -3.09. The van der Waals surface area contributed by atoms with Crippen LogP contribution in [0.4, 0.5) is 0 Å². The molecule has 1 aliphatic rings. The van der Waals surface area contributed by atoms with Crippen molar-refractivity contribution in [3.63, 3.8) is 0 Å². The van der Waals surface area contributed by atoms with Gasteiger partial charge in [-0.3, -0.25) is 14.4 Å². The van der Waals surface area contributed by atoms with Crippen molar-refractivity contribution in [1.82, 2.24) is 15.2 Å². The third kappa shape index (κ3) is 4.72. The molecule has 1 aliphatic carbocycles. The highest BCUT2D eigenvalue weighted by atomic mass is 16.5. The first-order valence-electron chi connectivity index (χ1n) is 10.4. The van der Waals surface area contributed by atoms with E-state index in [0.717, 1.165) is 37.0 Å². The van der Waals surface area contributed by atoms with Gasteiger partial charge in [0.05, 0.1) is 13.2 Å². The van der Waals surface area contributed by atoms with Crippen LogP contribution in [0.1, 0.15) is 77.9 Å². The van der Waals surface area contributed by atoms with E-state index in [2.05, 4.69) is 10.6 Å². The van der Waals surface area contributed by atoms with Crippen LogP contribution in [-0.4, -0.2) is 30.0 Å². The minimum absolute atomic E-state index is 0.00787. The molecule has 1 atom stereocenters. The number of methoxy groups -OCH3 is 1. The molecule has 0 saturated heterocycles. The maximum atomic E-state index is 13.0. The van der Waals surface area contributed by atoms with Gasteiger partial charge in [-0.05, 0) is 44.4 Å². The molecule has 7 heteroatoms. The van der Waals surface area contributed by atoms with Gasteiger partial charge in [0.15, 0.2) is 0 Å². The lowest BCUT2D eigenvalue weighted by Gasteiger charge is -2.19. The number of amides is 2. The van der Waals surface area contributed by atoms with E-state index in [1.807, 2.05) is 35.8 Å². The van der Waals surface area contributed by atoms with E-state index in [0.29, 0.717) is 6.54 Å². The topological polar surface area (TPSA) is 89.4 Å². The molecule has 3 rings (SSSR count). The van der Waals surface area contributed by atoms with Gasteiger partial charge in [-0.2, -0.15) is 0 Å². The fraction of sp³-hybridized carbons (Fsp3) is 0.435. The van der Waals surface area contributed by atoms with E-state index in [1.54, 1.807) is 26.4 Å². The Morgan fingerprint density at radius 1 is 1.10 bits per heavy atom. The summed E-state index contributed by atoms with van der Waals surface area (Å²) in [4.78, 5) is 38.4. The van der Waals surface area contributed by atoms with Gasteiger partial charge in [0.2, 0.25) is 5.43 Å². The van der Waals surface area contributed by atoms with Crippen molar-refractivity contribution in [3.05, 3.63) is 63.6 Å². The number of carbonyl (C=O) groups excluding carboxylic acids is 2. The molecule has 0 unspecified atom stereocenters. The number of nitrogens with zero attached hydrogens (tertiary/aromatic N) is 1. The number of carbonyl (C=O) groups is 2. The lowest BCUT2D eigenvalue weighted by Crippen LogP contribution is -2.36. The van der Waals surface area contributed by atoms with Crippen molar-refractivity contribution in [3.8, 4) is 5.75 Å². The normalized spacial score (nSPS) is 14.9. The van der Waals surface area contributed by atoms with Crippen LogP contribution in [-0.2, 0) is 0 Å². The number of hydrogen-bond acceptors (Lipinski definition) is 4. The lowest BCUT2D eigenvalue weighted by molar-refractivity contribution is 0.0937. The van der Waals surface area contributed by atoms with Crippen LogP contribution in [0.15, 0.2) is 41.5 Å². The average molecular weight is 412 g/mol. The van der Waals surface area contributed by atoms with Gasteiger partial charge in [-0.25, -0.2) is 0 Å². The zero-order valence-electron chi connectivity index (χ0n) is 17.7. The number of hydrogen-bond donors (Lipinski definition) is 2. The second-order valence-electron chi connectivity index (χ2n) is 7.63. The molecule has 2 aromatic rings. The second-order valence-corrected chi connectivity index (χ2v) is 7.63. The van der Waals surface area contributed by atoms with Crippen LogP contribution < -0.4 is 20.8 Å². The molecule has 30 heavy (non-hydrogen) atoms. The Morgan fingerprint density at radius 3 is 2.27 bits per heavy atom. The third-order valence-corrected chi connectivity index (χ3v) is 5.58. The predicted octanol–water partition coefficient (Wildman–Crippen LogP) is 3.21. The van der Waals surface area contributed by atoms with Gasteiger partial charge in [-0.1, -0.05) is 25.0 Å². The monoisotopic (exact) mass is 411 g/mol. The highest BCUT2D eigenvalue weighted by Gasteiger charge is 2.24. The lowest BCUT2D eigenvalue weighted by atomic mass is 10.1. The summed E-state index contributed by atoms with van der Waals surface area (Å²) in [6.45, 7) is 4.05. The summed E-state index contributed by atoms with van der Waals surface area (Å²) < 4.78 is 7.03. The van der Waals surface area contributed by atoms with Crippen molar-refractivity contribution < 1.29 is 14.3 Å². The average Bonchev–Trinajstić information content (AvgIpc) is 3.29. The molecule has 1 fully saturated rings. The van der Waals surface area contributed by atoms with E-state index in [1.165, 1.54) is 0 Å². The molecule has 1 aromatic carbocycles. The van der Waals surface area contributed by atoms with Crippen molar-refractivity contribution in [2.24, 2.45) is 0 Å². The quantitative estimate of drug-likeness (QED) is 0.732. The van der Waals surface area contributed by atoms with Gasteiger partial charge in [0.25, 0.3) is 11.8 Å². The van der Waals surface area contributed by atoms with E-state index >= 15 is 0 Å². The highest BCUT2D eigenvalue weighted by molar-refractivity contribution is 5.99. The molecule has 0 spiro atoms. The Balaban J connectivity index is 1.90. The maximum Gasteiger partial charge on any atom is 0.257 e. The predicted molar refractivity (Wildman–Crippen MR) is 115 cm³/mol. The van der Waals surface area contributed by atoms with Gasteiger partial charge in [-0.15, -0.1) is 0 Å². The van der Waals surface area contributed by atoms with E-state index in [-0.39, 0.29) is 23.2 Å². The van der Waals surface area contributed by atoms with Crippen molar-refractivity contribution in [2.45, 2.75) is 51.6 Å². The Labute approximate surface area is 176 Å². The first kappa shape index (κ1) is 21.6. The SMILES string of the molecule is CCNC(=O)c1cn(C2CCCC2)cc(C(=O)N[C@H](C)c2ccc(OC)cc2)c1=O. The number of rotatable bonds is 7. The highest BCUT2D eigenvalue weighted by Crippen LogP contribution is 2.29. The van der Waals surface area contributed by atoms with Gasteiger partial charge < -0.3 is 19.9 Å². The number of pyridine rings is 1. The summed E-state index contributed by atoms with van der Waals surface area (Å²) in [6.07, 6.45) is 7.33. The van der Waals surface area contributed by atoms with Crippen molar-refractivity contribution >= 4 is 11.8 Å². The van der Waals surface area contributed by atoms with Gasteiger partial charge in [0, 0.05) is 25.0 Å². The smallest absolute Gasteiger partial charge is 0.257 e. The molecule has 1 aromatic heterocycles. The molecule has 1 heterocycles. The van der Waals surface area contributed by atoms with Crippen LogP contribution in [0.3, 0.4) is 0 Å². The van der Waals surface area contributed by atoms with Crippen LogP contribution >= 0.6 is 0 Å². The molecule has 160 valence electrons. The van der Waals surface area contributed by atoms with Crippen LogP contribution in [0, 0.1) is 0 Å². The number of nitrogens with one attached hydrogen (secondary N) is 2. The number of aromatic nitrogens is 1. The summed E-state index contributed by atoms with van der Waals surface area (Å²) in [5, 5.41) is 5.55. The van der Waals surface area contributed by atoms with Gasteiger partial charge in [0.1, 0.15) is 16.9 Å². The van der Waals surface area contributed by atoms with E-state index in [4.69, 9.17) is 4.74 Å². The summed E-state index contributed by atoms with van der Waals surface area (Å²) in [5.41, 5.74) is 0.342. The number of ether oxygens (including phenoxy) is 1. The Bertz CT molecular complexity index is 959. The number of benzene rings is 1. The van der Waals surface area contributed by atoms with E-state index in [9.17, 15) is 14.4 Å². The summed E-state index contributed by atoms with van der Waals surface area (Å²) in [5.74, 6) is -0.209. The summed E-state index contributed by atoms with van der Waals surface area (Å²) in [6, 6.07) is 7.26. The largest absolute Gasteiger partial charge is 0.497 e. The third-order valence-electron chi connectivity index (χ3n) is 5.58.